The van der Waals surface area contributed by atoms with Crippen molar-refractivity contribution >= 4 is 15.9 Å². The summed E-state index contributed by atoms with van der Waals surface area (Å²) in [5, 5.41) is 2.54. The largest absolute Gasteiger partial charge is 0.351 e. The molecule has 0 spiro atoms. The molecule has 6 heteroatoms. The van der Waals surface area contributed by atoms with Gasteiger partial charge in [-0.15, -0.1) is 0 Å². The van der Waals surface area contributed by atoms with Gasteiger partial charge in [0.2, 0.25) is 15.9 Å². The van der Waals surface area contributed by atoms with E-state index in [0.29, 0.717) is 6.54 Å². The standard InChI is InChI=1S/C12H16N2O3S/c1-10(2)8-13-12(15)9-14-18(16,17)11-6-4-3-5-7-11/h3-7,14H,1,8-9H2,2H3,(H,13,15). The molecule has 1 aromatic rings. The molecule has 0 bridgehead atoms. The Labute approximate surface area is 107 Å². The highest BCUT2D eigenvalue weighted by molar-refractivity contribution is 7.89. The second-order valence-corrected chi connectivity index (χ2v) is 5.64. The molecule has 0 saturated heterocycles. The van der Waals surface area contributed by atoms with Crippen LogP contribution in [-0.4, -0.2) is 27.4 Å². The van der Waals surface area contributed by atoms with E-state index in [0.717, 1.165) is 5.57 Å². The van der Waals surface area contributed by atoms with Crippen molar-refractivity contribution in [3.8, 4) is 0 Å². The third-order valence-corrected chi connectivity index (χ3v) is 3.48. The van der Waals surface area contributed by atoms with Crippen LogP contribution in [-0.2, 0) is 14.8 Å². The van der Waals surface area contributed by atoms with Gasteiger partial charge in [-0.2, -0.15) is 0 Å². The fourth-order valence-electron chi connectivity index (χ4n) is 1.16. The molecule has 0 atom stereocenters. The normalized spacial score (nSPS) is 10.9. The van der Waals surface area contributed by atoms with Crippen LogP contribution >= 0.6 is 0 Å². The van der Waals surface area contributed by atoms with Gasteiger partial charge in [0.1, 0.15) is 0 Å². The van der Waals surface area contributed by atoms with Gasteiger partial charge in [0.05, 0.1) is 11.4 Å². The first-order valence-electron chi connectivity index (χ1n) is 5.37. The van der Waals surface area contributed by atoms with Gasteiger partial charge in [-0.3, -0.25) is 4.79 Å². The minimum Gasteiger partial charge on any atom is -0.351 e. The van der Waals surface area contributed by atoms with E-state index in [4.69, 9.17) is 0 Å². The first-order chi connectivity index (χ1) is 8.42. The zero-order valence-corrected chi connectivity index (χ0v) is 11.0. The van der Waals surface area contributed by atoms with Crippen LogP contribution in [0, 0.1) is 0 Å². The zero-order chi connectivity index (χ0) is 13.6. The Morgan fingerprint density at radius 3 is 2.39 bits per heavy atom. The molecule has 0 aliphatic heterocycles. The molecule has 0 heterocycles. The maximum Gasteiger partial charge on any atom is 0.241 e. The summed E-state index contributed by atoms with van der Waals surface area (Å²) in [7, 11) is -3.63. The predicted molar refractivity (Wildman–Crippen MR) is 69.5 cm³/mol. The Morgan fingerprint density at radius 1 is 1.22 bits per heavy atom. The van der Waals surface area contributed by atoms with E-state index in [1.165, 1.54) is 12.1 Å². The molecule has 18 heavy (non-hydrogen) atoms. The summed E-state index contributed by atoms with van der Waals surface area (Å²) in [5.41, 5.74) is 0.800. The van der Waals surface area contributed by atoms with E-state index in [1.54, 1.807) is 25.1 Å². The van der Waals surface area contributed by atoms with Gasteiger partial charge in [-0.25, -0.2) is 13.1 Å². The number of carbonyl (C=O) groups excluding carboxylic acids is 1. The van der Waals surface area contributed by atoms with Crippen LogP contribution in [0.1, 0.15) is 6.92 Å². The molecule has 2 N–H and O–H groups in total. The summed E-state index contributed by atoms with van der Waals surface area (Å²) < 4.78 is 25.8. The summed E-state index contributed by atoms with van der Waals surface area (Å²) in [5.74, 6) is -0.391. The van der Waals surface area contributed by atoms with Gasteiger partial charge >= 0.3 is 0 Å². The van der Waals surface area contributed by atoms with Crippen LogP contribution in [0.15, 0.2) is 47.4 Å². The van der Waals surface area contributed by atoms with Crippen molar-refractivity contribution in [2.75, 3.05) is 13.1 Å². The topological polar surface area (TPSA) is 75.3 Å². The van der Waals surface area contributed by atoms with Crippen LogP contribution in [0.2, 0.25) is 0 Å². The first-order valence-corrected chi connectivity index (χ1v) is 6.86. The van der Waals surface area contributed by atoms with Crippen LogP contribution < -0.4 is 10.0 Å². The second kappa shape index (κ2) is 6.32. The van der Waals surface area contributed by atoms with Gasteiger partial charge in [0.15, 0.2) is 0 Å². The lowest BCUT2D eigenvalue weighted by atomic mass is 10.3. The average molecular weight is 268 g/mol. The lowest BCUT2D eigenvalue weighted by molar-refractivity contribution is -0.119. The van der Waals surface area contributed by atoms with Gasteiger partial charge in [-0.05, 0) is 19.1 Å². The maximum atomic E-state index is 11.8. The Morgan fingerprint density at radius 2 is 1.83 bits per heavy atom. The molecule has 0 aromatic heterocycles. The third-order valence-electron chi connectivity index (χ3n) is 2.06. The molecule has 1 aromatic carbocycles. The number of rotatable bonds is 6. The van der Waals surface area contributed by atoms with Crippen LogP contribution in [0.25, 0.3) is 0 Å². The Kier molecular flexibility index (Phi) is 5.06. The molecule has 1 rings (SSSR count). The third kappa shape index (κ3) is 4.68. The highest BCUT2D eigenvalue weighted by atomic mass is 32.2. The fourth-order valence-corrected chi connectivity index (χ4v) is 2.16. The van der Waals surface area contributed by atoms with Crippen molar-refractivity contribution in [2.45, 2.75) is 11.8 Å². The van der Waals surface area contributed by atoms with Gasteiger partial charge in [-0.1, -0.05) is 30.4 Å². The van der Waals surface area contributed by atoms with E-state index < -0.39 is 15.9 Å². The van der Waals surface area contributed by atoms with E-state index in [9.17, 15) is 13.2 Å². The zero-order valence-electron chi connectivity index (χ0n) is 10.1. The minimum atomic E-state index is -3.63. The van der Waals surface area contributed by atoms with Gasteiger partial charge in [0.25, 0.3) is 0 Å². The summed E-state index contributed by atoms with van der Waals surface area (Å²) in [4.78, 5) is 11.5. The molecule has 98 valence electrons. The Bertz CT molecular complexity index is 524. The number of hydrogen-bond donors (Lipinski definition) is 2. The molecule has 0 saturated carbocycles. The van der Waals surface area contributed by atoms with E-state index >= 15 is 0 Å². The van der Waals surface area contributed by atoms with Crippen LogP contribution in [0.5, 0.6) is 0 Å². The highest BCUT2D eigenvalue weighted by Gasteiger charge is 2.14. The molecule has 0 unspecified atom stereocenters. The van der Waals surface area contributed by atoms with E-state index in [2.05, 4.69) is 16.6 Å². The molecule has 0 fully saturated rings. The number of hydrogen-bond acceptors (Lipinski definition) is 3. The van der Waals surface area contributed by atoms with Crippen molar-refractivity contribution in [2.24, 2.45) is 0 Å². The molecular weight excluding hydrogens is 252 g/mol. The molecule has 0 radical (unpaired) electrons. The predicted octanol–water partition coefficient (Wildman–Crippen LogP) is 0.657. The monoisotopic (exact) mass is 268 g/mol. The quantitative estimate of drug-likeness (QED) is 0.744. The van der Waals surface area contributed by atoms with Gasteiger partial charge < -0.3 is 5.32 Å². The minimum absolute atomic E-state index is 0.137. The van der Waals surface area contributed by atoms with Gasteiger partial charge in [0, 0.05) is 6.54 Å². The lowest BCUT2D eigenvalue weighted by Crippen LogP contribution is -2.37. The fraction of sp³-hybridized carbons (Fsp3) is 0.250. The molecule has 0 aliphatic carbocycles. The van der Waals surface area contributed by atoms with Crippen molar-refractivity contribution in [1.82, 2.24) is 10.0 Å². The molecule has 5 nitrogen and oxygen atoms in total. The Balaban J connectivity index is 2.53. The van der Waals surface area contributed by atoms with Crippen molar-refractivity contribution in [1.29, 1.82) is 0 Å². The second-order valence-electron chi connectivity index (χ2n) is 3.87. The van der Waals surface area contributed by atoms with Crippen LogP contribution in [0.3, 0.4) is 0 Å². The molecule has 0 aliphatic rings. The summed E-state index contributed by atoms with van der Waals surface area (Å²) >= 11 is 0. The number of carbonyl (C=O) groups is 1. The van der Waals surface area contributed by atoms with Crippen molar-refractivity contribution < 1.29 is 13.2 Å². The number of amides is 1. The van der Waals surface area contributed by atoms with E-state index in [-0.39, 0.29) is 11.4 Å². The smallest absolute Gasteiger partial charge is 0.241 e. The van der Waals surface area contributed by atoms with Crippen LogP contribution in [0.4, 0.5) is 0 Å². The summed E-state index contributed by atoms with van der Waals surface area (Å²) in [6, 6.07) is 7.90. The van der Waals surface area contributed by atoms with E-state index in [1.807, 2.05) is 0 Å². The lowest BCUT2D eigenvalue weighted by Gasteiger charge is -2.07. The SMILES string of the molecule is C=C(C)CNC(=O)CNS(=O)(=O)c1ccccc1. The molecule has 1 amide bonds. The number of nitrogens with one attached hydrogen (secondary N) is 2. The number of benzene rings is 1. The van der Waals surface area contributed by atoms with Crippen molar-refractivity contribution in [3.63, 3.8) is 0 Å². The summed E-state index contributed by atoms with van der Waals surface area (Å²) in [6.07, 6.45) is 0. The Hall–Kier alpha value is -1.66. The summed E-state index contributed by atoms with van der Waals surface area (Å²) in [6.45, 7) is 5.45. The van der Waals surface area contributed by atoms with Crippen molar-refractivity contribution in [3.05, 3.63) is 42.5 Å². The molecular formula is C12H16N2O3S. The number of sulfonamides is 1. The highest BCUT2D eigenvalue weighted by Crippen LogP contribution is 2.06. The first kappa shape index (κ1) is 14.4. The average Bonchev–Trinajstić information content (AvgIpc) is 2.35. The maximum absolute atomic E-state index is 11.8.